The first-order valence-electron chi connectivity index (χ1n) is 10.9. The lowest BCUT2D eigenvalue weighted by atomic mass is 9.94. The Morgan fingerprint density at radius 1 is 1.21 bits per heavy atom. The molecule has 34 heavy (non-hydrogen) atoms. The summed E-state index contributed by atoms with van der Waals surface area (Å²) in [4.78, 5) is 61.9. The molecule has 11 nitrogen and oxygen atoms in total. The number of urea groups is 1. The molecule has 5 amide bonds. The van der Waals surface area contributed by atoms with Crippen molar-refractivity contribution in [3.05, 3.63) is 30.1 Å². The fourth-order valence-electron chi connectivity index (χ4n) is 3.74. The van der Waals surface area contributed by atoms with E-state index >= 15 is 0 Å². The Morgan fingerprint density at radius 2 is 1.91 bits per heavy atom. The van der Waals surface area contributed by atoms with Gasteiger partial charge in [-0.15, -0.1) is 0 Å². The maximum atomic E-state index is 13.3. The number of benzene rings is 1. The van der Waals surface area contributed by atoms with Crippen LogP contribution in [-0.4, -0.2) is 64.4 Å². The van der Waals surface area contributed by atoms with E-state index in [1.165, 1.54) is 23.1 Å². The minimum absolute atomic E-state index is 0.0325. The smallest absolute Gasteiger partial charge is 0.319 e. The van der Waals surface area contributed by atoms with Crippen LogP contribution in [0.5, 0.6) is 0 Å². The van der Waals surface area contributed by atoms with Crippen molar-refractivity contribution in [2.45, 2.75) is 57.7 Å². The molecule has 1 aromatic rings. The van der Waals surface area contributed by atoms with Crippen LogP contribution in [0, 0.1) is 11.7 Å². The average Bonchev–Trinajstić information content (AvgIpc) is 2.75. The van der Waals surface area contributed by atoms with E-state index < -0.39 is 60.1 Å². The SMILES string of the molecule is CC(C)C(NC(=O)C1CC(NC(=O)Nc2cccc(F)c2)CCN1C(=O)CCC(=O)O)C(N)=O. The van der Waals surface area contributed by atoms with Gasteiger partial charge in [0.25, 0.3) is 0 Å². The van der Waals surface area contributed by atoms with Gasteiger partial charge in [-0.25, -0.2) is 9.18 Å². The molecule has 186 valence electrons. The molecule has 0 spiro atoms. The van der Waals surface area contributed by atoms with Crippen molar-refractivity contribution in [3.8, 4) is 0 Å². The number of amides is 5. The quantitative estimate of drug-likeness (QED) is 0.351. The van der Waals surface area contributed by atoms with Crippen molar-refractivity contribution in [1.82, 2.24) is 15.5 Å². The molecule has 3 atom stereocenters. The Kier molecular flexibility index (Phi) is 9.34. The summed E-state index contributed by atoms with van der Waals surface area (Å²) >= 11 is 0. The second-order valence-corrected chi connectivity index (χ2v) is 8.46. The Morgan fingerprint density at radius 3 is 2.50 bits per heavy atom. The number of hydrogen-bond acceptors (Lipinski definition) is 5. The standard InChI is InChI=1S/C22H30FN5O6/c1-12(2)19(20(24)32)27-21(33)16-11-15(8-9-28(16)17(29)6-7-18(30)31)26-22(34)25-14-5-3-4-13(23)10-14/h3-5,10,12,15-16,19H,6-9,11H2,1-2H3,(H2,24,32)(H,27,33)(H,30,31)(H2,25,26,34). The third-order valence-corrected chi connectivity index (χ3v) is 5.47. The lowest BCUT2D eigenvalue weighted by Gasteiger charge is -2.39. The molecule has 1 aromatic carbocycles. The highest BCUT2D eigenvalue weighted by molar-refractivity contribution is 5.93. The van der Waals surface area contributed by atoms with Gasteiger partial charge >= 0.3 is 12.0 Å². The van der Waals surface area contributed by atoms with Crippen LogP contribution in [0.25, 0.3) is 0 Å². The Bertz CT molecular complexity index is 940. The Labute approximate surface area is 196 Å². The van der Waals surface area contributed by atoms with Gasteiger partial charge in [-0.2, -0.15) is 0 Å². The molecule has 0 bridgehead atoms. The van der Waals surface area contributed by atoms with Crippen molar-refractivity contribution >= 4 is 35.4 Å². The molecule has 1 aliphatic rings. The number of carbonyl (C=O) groups is 5. The number of rotatable bonds is 9. The van der Waals surface area contributed by atoms with Crippen LogP contribution in [0.3, 0.4) is 0 Å². The molecule has 1 aliphatic heterocycles. The summed E-state index contributed by atoms with van der Waals surface area (Å²) in [5, 5.41) is 16.6. The lowest BCUT2D eigenvalue weighted by Crippen LogP contribution is -2.60. The summed E-state index contributed by atoms with van der Waals surface area (Å²) in [6.45, 7) is 3.49. The normalized spacial score (nSPS) is 18.6. The zero-order valence-corrected chi connectivity index (χ0v) is 19.0. The number of carboxylic acid groups (broad SMARTS) is 1. The predicted molar refractivity (Wildman–Crippen MR) is 120 cm³/mol. The topological polar surface area (TPSA) is 171 Å². The first-order valence-corrected chi connectivity index (χ1v) is 10.9. The second kappa shape index (κ2) is 12.0. The maximum Gasteiger partial charge on any atom is 0.319 e. The van der Waals surface area contributed by atoms with Crippen LogP contribution < -0.4 is 21.7 Å². The number of carbonyl (C=O) groups excluding carboxylic acids is 4. The molecule has 2 rings (SSSR count). The second-order valence-electron chi connectivity index (χ2n) is 8.46. The highest BCUT2D eigenvalue weighted by Crippen LogP contribution is 2.21. The zero-order valence-electron chi connectivity index (χ0n) is 19.0. The van der Waals surface area contributed by atoms with E-state index in [-0.39, 0.29) is 31.0 Å². The van der Waals surface area contributed by atoms with Gasteiger partial charge in [-0.1, -0.05) is 19.9 Å². The Balaban J connectivity index is 2.12. The number of halogens is 1. The molecule has 1 saturated heterocycles. The van der Waals surface area contributed by atoms with E-state index in [1.54, 1.807) is 13.8 Å². The first-order chi connectivity index (χ1) is 16.0. The molecule has 0 aromatic heterocycles. The van der Waals surface area contributed by atoms with Gasteiger partial charge in [0, 0.05) is 24.7 Å². The molecule has 1 fully saturated rings. The number of piperidine rings is 1. The fourth-order valence-corrected chi connectivity index (χ4v) is 3.74. The summed E-state index contributed by atoms with van der Waals surface area (Å²) in [6, 6.07) is 2.20. The molecule has 3 unspecified atom stereocenters. The van der Waals surface area contributed by atoms with Crippen LogP contribution in [-0.2, 0) is 19.2 Å². The van der Waals surface area contributed by atoms with Crippen LogP contribution in [0.2, 0.25) is 0 Å². The van der Waals surface area contributed by atoms with Crippen molar-refractivity contribution in [2.75, 3.05) is 11.9 Å². The number of likely N-dealkylation sites (tertiary alicyclic amines) is 1. The molecular formula is C22H30FN5O6. The number of primary amides is 1. The number of hydrogen-bond donors (Lipinski definition) is 5. The fraction of sp³-hybridized carbons (Fsp3) is 0.500. The van der Waals surface area contributed by atoms with Crippen LogP contribution in [0.15, 0.2) is 24.3 Å². The average molecular weight is 480 g/mol. The largest absolute Gasteiger partial charge is 0.481 e. The summed E-state index contributed by atoms with van der Waals surface area (Å²) in [5.74, 6) is -3.84. The highest BCUT2D eigenvalue weighted by atomic mass is 19.1. The number of carboxylic acids is 1. The van der Waals surface area contributed by atoms with E-state index in [0.717, 1.165) is 6.07 Å². The zero-order chi connectivity index (χ0) is 25.4. The van der Waals surface area contributed by atoms with Crippen molar-refractivity contribution < 1.29 is 33.5 Å². The summed E-state index contributed by atoms with van der Waals surface area (Å²) in [7, 11) is 0. The summed E-state index contributed by atoms with van der Waals surface area (Å²) < 4.78 is 13.3. The van der Waals surface area contributed by atoms with Gasteiger partial charge in [-0.3, -0.25) is 19.2 Å². The molecule has 1 heterocycles. The molecular weight excluding hydrogens is 449 g/mol. The van der Waals surface area contributed by atoms with E-state index in [4.69, 9.17) is 10.8 Å². The van der Waals surface area contributed by atoms with E-state index in [1.807, 2.05) is 0 Å². The number of nitrogens with two attached hydrogens (primary N) is 1. The van der Waals surface area contributed by atoms with Crippen molar-refractivity contribution in [1.29, 1.82) is 0 Å². The predicted octanol–water partition coefficient (Wildman–Crippen LogP) is 0.798. The summed E-state index contributed by atoms with van der Waals surface area (Å²) in [6.07, 6.45) is -0.342. The van der Waals surface area contributed by atoms with Gasteiger partial charge in [-0.05, 0) is 37.0 Å². The van der Waals surface area contributed by atoms with E-state index in [9.17, 15) is 28.4 Å². The minimum Gasteiger partial charge on any atom is -0.481 e. The lowest BCUT2D eigenvalue weighted by molar-refractivity contribution is -0.146. The molecule has 12 heteroatoms. The van der Waals surface area contributed by atoms with Gasteiger partial charge in [0.1, 0.15) is 17.9 Å². The van der Waals surface area contributed by atoms with Gasteiger partial charge < -0.3 is 31.7 Å². The number of aliphatic carboxylic acids is 1. The number of nitrogens with one attached hydrogen (secondary N) is 3. The third-order valence-electron chi connectivity index (χ3n) is 5.47. The van der Waals surface area contributed by atoms with E-state index in [0.29, 0.717) is 6.42 Å². The third kappa shape index (κ3) is 7.71. The first kappa shape index (κ1) is 26.6. The van der Waals surface area contributed by atoms with Gasteiger partial charge in [0.15, 0.2) is 0 Å². The van der Waals surface area contributed by atoms with Crippen LogP contribution >= 0.6 is 0 Å². The summed E-state index contributed by atoms with van der Waals surface area (Å²) in [5.41, 5.74) is 5.62. The minimum atomic E-state index is -1.14. The number of nitrogens with zero attached hydrogens (tertiary/aromatic N) is 1. The van der Waals surface area contributed by atoms with Gasteiger partial charge in [0.2, 0.25) is 17.7 Å². The molecule has 0 saturated carbocycles. The maximum absolute atomic E-state index is 13.3. The van der Waals surface area contributed by atoms with Crippen molar-refractivity contribution in [2.24, 2.45) is 11.7 Å². The van der Waals surface area contributed by atoms with Crippen LogP contribution in [0.1, 0.15) is 39.5 Å². The van der Waals surface area contributed by atoms with Gasteiger partial charge in [0.05, 0.1) is 6.42 Å². The highest BCUT2D eigenvalue weighted by Gasteiger charge is 2.38. The van der Waals surface area contributed by atoms with E-state index in [2.05, 4.69) is 16.0 Å². The van der Waals surface area contributed by atoms with Crippen molar-refractivity contribution in [3.63, 3.8) is 0 Å². The monoisotopic (exact) mass is 479 g/mol. The molecule has 0 radical (unpaired) electrons. The number of anilines is 1. The molecule has 6 N–H and O–H groups in total. The molecule has 0 aliphatic carbocycles. The Hall–Kier alpha value is -3.70. The van der Waals surface area contributed by atoms with Crippen LogP contribution in [0.4, 0.5) is 14.9 Å².